The molecule has 0 unspecified atom stereocenters. The van der Waals surface area contributed by atoms with E-state index < -0.39 is 0 Å². The highest BCUT2D eigenvalue weighted by Gasteiger charge is 1.84. The lowest BCUT2D eigenvalue weighted by molar-refractivity contribution is 0.265. The maximum atomic E-state index is 8.30. The summed E-state index contributed by atoms with van der Waals surface area (Å²) < 4.78 is 0. The second-order valence-corrected chi connectivity index (χ2v) is 3.87. The van der Waals surface area contributed by atoms with Gasteiger partial charge in [-0.15, -0.1) is 0 Å². The molecule has 0 aliphatic rings. The number of hydrogen-bond acceptors (Lipinski definition) is 2. The SMILES string of the molecule is C=CC=Cc1ccccc1.OCCCCCCO. The first-order valence-electron chi connectivity index (χ1n) is 6.41. The molecule has 0 fully saturated rings. The van der Waals surface area contributed by atoms with Crippen molar-refractivity contribution in [3.8, 4) is 0 Å². The summed E-state index contributed by atoms with van der Waals surface area (Å²) in [4.78, 5) is 0. The molecule has 100 valence electrons. The minimum atomic E-state index is 0.283. The maximum absolute atomic E-state index is 8.30. The van der Waals surface area contributed by atoms with Crippen molar-refractivity contribution in [3.05, 3.63) is 54.6 Å². The Kier molecular flexibility index (Phi) is 12.6. The number of unbranched alkanes of at least 4 members (excludes halogenated alkanes) is 3. The molecule has 1 aromatic rings. The van der Waals surface area contributed by atoms with Crippen LogP contribution >= 0.6 is 0 Å². The average molecular weight is 248 g/mol. The maximum Gasteiger partial charge on any atom is 0.0431 e. The first-order valence-corrected chi connectivity index (χ1v) is 6.41. The first kappa shape index (κ1) is 16.6. The lowest BCUT2D eigenvalue weighted by atomic mass is 10.2. The first-order chi connectivity index (χ1) is 8.85. The third-order valence-corrected chi connectivity index (χ3v) is 2.29. The smallest absolute Gasteiger partial charge is 0.0431 e. The summed E-state index contributed by atoms with van der Waals surface area (Å²) in [5.41, 5.74) is 1.21. The van der Waals surface area contributed by atoms with Crippen molar-refractivity contribution in [3.63, 3.8) is 0 Å². The fourth-order valence-corrected chi connectivity index (χ4v) is 1.32. The molecule has 0 aliphatic heterocycles. The largest absolute Gasteiger partial charge is 0.396 e. The predicted molar refractivity (Wildman–Crippen MR) is 78.3 cm³/mol. The van der Waals surface area contributed by atoms with Gasteiger partial charge < -0.3 is 10.2 Å². The van der Waals surface area contributed by atoms with Crippen molar-refractivity contribution in [2.45, 2.75) is 25.7 Å². The highest BCUT2D eigenvalue weighted by atomic mass is 16.3. The van der Waals surface area contributed by atoms with Crippen LogP contribution in [0, 0.1) is 0 Å². The number of benzene rings is 1. The van der Waals surface area contributed by atoms with Crippen LogP contribution in [-0.2, 0) is 0 Å². The third kappa shape index (κ3) is 11.1. The van der Waals surface area contributed by atoms with Crippen LogP contribution in [-0.4, -0.2) is 23.4 Å². The zero-order valence-electron chi connectivity index (χ0n) is 11.0. The van der Waals surface area contributed by atoms with Crippen LogP contribution in [0.3, 0.4) is 0 Å². The molecule has 0 saturated carbocycles. The van der Waals surface area contributed by atoms with E-state index in [1.54, 1.807) is 6.08 Å². The summed E-state index contributed by atoms with van der Waals surface area (Å²) in [6.07, 6.45) is 9.55. The summed E-state index contributed by atoms with van der Waals surface area (Å²) in [5, 5.41) is 16.6. The van der Waals surface area contributed by atoms with Crippen molar-refractivity contribution in [1.29, 1.82) is 0 Å². The molecule has 18 heavy (non-hydrogen) atoms. The van der Waals surface area contributed by atoms with Crippen molar-refractivity contribution >= 4 is 6.08 Å². The topological polar surface area (TPSA) is 40.5 Å². The van der Waals surface area contributed by atoms with Gasteiger partial charge in [0.25, 0.3) is 0 Å². The van der Waals surface area contributed by atoms with Gasteiger partial charge in [0.15, 0.2) is 0 Å². The van der Waals surface area contributed by atoms with E-state index in [1.165, 1.54) is 5.56 Å². The van der Waals surface area contributed by atoms with Crippen molar-refractivity contribution in [2.75, 3.05) is 13.2 Å². The van der Waals surface area contributed by atoms with Gasteiger partial charge in [-0.05, 0) is 18.4 Å². The summed E-state index contributed by atoms with van der Waals surface area (Å²) in [6.45, 7) is 4.16. The van der Waals surface area contributed by atoms with Gasteiger partial charge in [0.1, 0.15) is 0 Å². The fourth-order valence-electron chi connectivity index (χ4n) is 1.32. The van der Waals surface area contributed by atoms with Gasteiger partial charge in [0.2, 0.25) is 0 Å². The highest BCUT2D eigenvalue weighted by molar-refractivity contribution is 5.50. The third-order valence-electron chi connectivity index (χ3n) is 2.29. The quantitative estimate of drug-likeness (QED) is 0.573. The van der Waals surface area contributed by atoms with E-state index in [0.717, 1.165) is 25.7 Å². The number of rotatable bonds is 7. The Hall–Kier alpha value is -1.38. The minimum absolute atomic E-state index is 0.283. The van der Waals surface area contributed by atoms with Gasteiger partial charge >= 0.3 is 0 Å². The number of hydrogen-bond donors (Lipinski definition) is 2. The average Bonchev–Trinajstić information content (AvgIpc) is 2.43. The second-order valence-electron chi connectivity index (χ2n) is 3.87. The molecule has 0 amide bonds. The van der Waals surface area contributed by atoms with E-state index in [2.05, 4.69) is 18.7 Å². The molecule has 0 aliphatic carbocycles. The zero-order chi connectivity index (χ0) is 13.5. The Morgan fingerprint density at radius 1 is 0.889 bits per heavy atom. The molecule has 1 rings (SSSR count). The van der Waals surface area contributed by atoms with Crippen molar-refractivity contribution in [1.82, 2.24) is 0 Å². The van der Waals surface area contributed by atoms with E-state index in [0.29, 0.717) is 0 Å². The number of aliphatic hydroxyl groups excluding tert-OH is 2. The van der Waals surface area contributed by atoms with Crippen LogP contribution in [0.5, 0.6) is 0 Å². The summed E-state index contributed by atoms with van der Waals surface area (Å²) in [5.74, 6) is 0. The molecule has 0 atom stereocenters. The van der Waals surface area contributed by atoms with E-state index in [-0.39, 0.29) is 13.2 Å². The highest BCUT2D eigenvalue weighted by Crippen LogP contribution is 2.00. The summed E-state index contributed by atoms with van der Waals surface area (Å²) >= 11 is 0. The molecule has 2 N–H and O–H groups in total. The van der Waals surface area contributed by atoms with Gasteiger partial charge in [-0.1, -0.05) is 68.0 Å². The molecule has 0 saturated heterocycles. The fraction of sp³-hybridized carbons (Fsp3) is 0.375. The molecular weight excluding hydrogens is 224 g/mol. The van der Waals surface area contributed by atoms with Gasteiger partial charge in [0, 0.05) is 13.2 Å². The second kappa shape index (κ2) is 13.7. The Morgan fingerprint density at radius 3 is 1.89 bits per heavy atom. The summed E-state index contributed by atoms with van der Waals surface area (Å²) in [6, 6.07) is 10.1. The van der Waals surface area contributed by atoms with Gasteiger partial charge in [-0.25, -0.2) is 0 Å². The number of allylic oxidation sites excluding steroid dienone is 2. The Balaban J connectivity index is 0.000000331. The molecule has 0 aromatic heterocycles. The molecule has 2 heteroatoms. The monoisotopic (exact) mass is 248 g/mol. The van der Waals surface area contributed by atoms with Gasteiger partial charge in [0.05, 0.1) is 0 Å². The lowest BCUT2D eigenvalue weighted by Gasteiger charge is -1.93. The van der Waals surface area contributed by atoms with Crippen molar-refractivity contribution < 1.29 is 10.2 Å². The van der Waals surface area contributed by atoms with Crippen LogP contribution < -0.4 is 0 Å². The molecule has 0 spiro atoms. The van der Waals surface area contributed by atoms with Crippen LogP contribution in [0.2, 0.25) is 0 Å². The van der Waals surface area contributed by atoms with E-state index in [9.17, 15) is 0 Å². The van der Waals surface area contributed by atoms with Gasteiger partial charge in [-0.3, -0.25) is 0 Å². The number of aliphatic hydroxyl groups is 2. The minimum Gasteiger partial charge on any atom is -0.396 e. The van der Waals surface area contributed by atoms with E-state index in [4.69, 9.17) is 10.2 Å². The standard InChI is InChI=1S/C10H10.C6H14O2/c1-2-3-7-10-8-5-4-6-9-10;7-5-3-1-2-4-6-8/h2-9H,1H2;7-8H,1-6H2. The van der Waals surface area contributed by atoms with Crippen LogP contribution in [0.1, 0.15) is 31.2 Å². The molecular formula is C16H24O2. The molecule has 0 bridgehead atoms. The van der Waals surface area contributed by atoms with Gasteiger partial charge in [-0.2, -0.15) is 0 Å². The Bertz CT molecular complexity index is 298. The Morgan fingerprint density at radius 2 is 1.44 bits per heavy atom. The molecule has 1 aromatic carbocycles. The lowest BCUT2D eigenvalue weighted by Crippen LogP contribution is -1.85. The van der Waals surface area contributed by atoms with Crippen LogP contribution in [0.4, 0.5) is 0 Å². The van der Waals surface area contributed by atoms with Crippen LogP contribution in [0.25, 0.3) is 6.08 Å². The normalized spacial score (nSPS) is 9.89. The predicted octanol–water partition coefficient (Wildman–Crippen LogP) is 3.42. The van der Waals surface area contributed by atoms with Crippen molar-refractivity contribution in [2.24, 2.45) is 0 Å². The van der Waals surface area contributed by atoms with E-state index >= 15 is 0 Å². The summed E-state index contributed by atoms with van der Waals surface area (Å²) in [7, 11) is 0. The van der Waals surface area contributed by atoms with E-state index in [1.807, 2.05) is 30.4 Å². The Labute approximate surface area is 110 Å². The van der Waals surface area contributed by atoms with Crippen LogP contribution in [0.15, 0.2) is 49.1 Å². The molecule has 0 radical (unpaired) electrons. The molecule has 2 nitrogen and oxygen atoms in total. The molecule has 0 heterocycles. The zero-order valence-corrected chi connectivity index (χ0v) is 11.0.